The third-order valence-corrected chi connectivity index (χ3v) is 5.79. The van der Waals surface area contributed by atoms with Gasteiger partial charge in [0, 0.05) is 44.0 Å². The summed E-state index contributed by atoms with van der Waals surface area (Å²) < 4.78 is 18.8. The second-order valence-electron chi connectivity index (χ2n) is 7.59. The van der Waals surface area contributed by atoms with Gasteiger partial charge >= 0.3 is 0 Å². The van der Waals surface area contributed by atoms with Crippen molar-refractivity contribution in [1.82, 2.24) is 14.8 Å². The third kappa shape index (κ3) is 5.76. The topological polar surface area (TPSA) is 74.8 Å². The second kappa shape index (κ2) is 9.99. The van der Waals surface area contributed by atoms with Crippen molar-refractivity contribution in [3.8, 4) is 5.75 Å². The van der Waals surface area contributed by atoms with Gasteiger partial charge in [0.25, 0.3) is 0 Å². The van der Waals surface area contributed by atoms with E-state index >= 15 is 0 Å². The fourth-order valence-electron chi connectivity index (χ4n) is 3.18. The van der Waals surface area contributed by atoms with Gasteiger partial charge in [-0.25, -0.2) is 9.37 Å². The highest BCUT2D eigenvalue weighted by atomic mass is 32.1. The molecule has 30 heavy (non-hydrogen) atoms. The van der Waals surface area contributed by atoms with Crippen molar-refractivity contribution in [3.05, 3.63) is 40.7 Å². The SMILES string of the molecule is COc1ccc(CN2CCN(C(=O)Cc3csc(NC(=O)C(C)C)n3)CC2)cc1F. The van der Waals surface area contributed by atoms with Crippen molar-refractivity contribution >= 4 is 28.3 Å². The number of rotatable bonds is 7. The fourth-order valence-corrected chi connectivity index (χ4v) is 3.90. The summed E-state index contributed by atoms with van der Waals surface area (Å²) >= 11 is 1.33. The lowest BCUT2D eigenvalue weighted by molar-refractivity contribution is -0.132. The number of anilines is 1. The molecule has 0 unspecified atom stereocenters. The van der Waals surface area contributed by atoms with E-state index in [0.29, 0.717) is 30.5 Å². The molecule has 0 saturated carbocycles. The molecular formula is C21H27FN4O3S. The fraction of sp³-hybridized carbons (Fsp3) is 0.476. The molecule has 3 rings (SSSR count). The molecule has 0 radical (unpaired) electrons. The van der Waals surface area contributed by atoms with E-state index < -0.39 is 0 Å². The van der Waals surface area contributed by atoms with Gasteiger partial charge in [0.05, 0.1) is 19.2 Å². The highest BCUT2D eigenvalue weighted by Gasteiger charge is 2.22. The molecule has 1 aliphatic heterocycles. The van der Waals surface area contributed by atoms with Crippen molar-refractivity contribution in [2.45, 2.75) is 26.8 Å². The van der Waals surface area contributed by atoms with Crippen LogP contribution in [0.2, 0.25) is 0 Å². The molecular weight excluding hydrogens is 407 g/mol. The number of carbonyl (C=O) groups is 2. The van der Waals surface area contributed by atoms with Gasteiger partial charge in [0.2, 0.25) is 11.8 Å². The van der Waals surface area contributed by atoms with Gasteiger partial charge in [-0.1, -0.05) is 19.9 Å². The van der Waals surface area contributed by atoms with Gasteiger partial charge in [-0.15, -0.1) is 11.3 Å². The lowest BCUT2D eigenvalue weighted by Gasteiger charge is -2.34. The maximum atomic E-state index is 13.9. The smallest absolute Gasteiger partial charge is 0.228 e. The maximum absolute atomic E-state index is 13.9. The average Bonchev–Trinajstić information content (AvgIpc) is 3.15. The molecule has 0 aliphatic carbocycles. The van der Waals surface area contributed by atoms with Crippen LogP contribution in [0.4, 0.5) is 9.52 Å². The Kier molecular flexibility index (Phi) is 7.38. The lowest BCUT2D eigenvalue weighted by Crippen LogP contribution is -2.48. The van der Waals surface area contributed by atoms with Gasteiger partial charge < -0.3 is 15.0 Å². The first-order chi connectivity index (χ1) is 14.4. The Hall–Kier alpha value is -2.52. The van der Waals surface area contributed by atoms with E-state index in [2.05, 4.69) is 15.2 Å². The number of nitrogens with zero attached hydrogens (tertiary/aromatic N) is 3. The zero-order valence-electron chi connectivity index (χ0n) is 17.5. The van der Waals surface area contributed by atoms with Gasteiger partial charge in [-0.3, -0.25) is 14.5 Å². The summed E-state index contributed by atoms with van der Waals surface area (Å²) in [7, 11) is 1.45. The first-order valence-electron chi connectivity index (χ1n) is 9.93. The van der Waals surface area contributed by atoms with E-state index in [9.17, 15) is 14.0 Å². The molecule has 0 spiro atoms. The number of benzene rings is 1. The summed E-state index contributed by atoms with van der Waals surface area (Å²) in [5, 5.41) is 5.09. The number of thiazole rings is 1. The Labute approximate surface area is 179 Å². The van der Waals surface area contributed by atoms with E-state index in [4.69, 9.17) is 4.74 Å². The van der Waals surface area contributed by atoms with Crippen molar-refractivity contribution in [3.63, 3.8) is 0 Å². The van der Waals surface area contributed by atoms with Crippen LogP contribution in [-0.2, 0) is 22.6 Å². The number of piperazine rings is 1. The van der Waals surface area contributed by atoms with Crippen molar-refractivity contribution < 1.29 is 18.7 Å². The molecule has 1 saturated heterocycles. The van der Waals surface area contributed by atoms with Crippen LogP contribution in [0.1, 0.15) is 25.1 Å². The molecule has 2 heterocycles. The summed E-state index contributed by atoms with van der Waals surface area (Å²) in [6.07, 6.45) is 0.220. The minimum absolute atomic E-state index is 0.0252. The Morgan fingerprint density at radius 2 is 2.00 bits per heavy atom. The molecule has 162 valence electrons. The average molecular weight is 435 g/mol. The lowest BCUT2D eigenvalue weighted by atomic mass is 10.1. The van der Waals surface area contributed by atoms with Crippen LogP contribution in [0.15, 0.2) is 23.6 Å². The van der Waals surface area contributed by atoms with Crippen molar-refractivity contribution in [2.24, 2.45) is 5.92 Å². The van der Waals surface area contributed by atoms with E-state index in [0.717, 1.165) is 18.7 Å². The largest absolute Gasteiger partial charge is 0.494 e. The Morgan fingerprint density at radius 1 is 1.27 bits per heavy atom. The van der Waals surface area contributed by atoms with Crippen LogP contribution >= 0.6 is 11.3 Å². The predicted molar refractivity (Wildman–Crippen MR) is 114 cm³/mol. The number of hydrogen-bond donors (Lipinski definition) is 1. The molecule has 1 fully saturated rings. The van der Waals surface area contributed by atoms with E-state index in [1.54, 1.807) is 6.07 Å². The van der Waals surface area contributed by atoms with Gasteiger partial charge in [-0.05, 0) is 17.7 Å². The van der Waals surface area contributed by atoms with Gasteiger partial charge in [0.1, 0.15) is 0 Å². The van der Waals surface area contributed by atoms with Crippen molar-refractivity contribution in [2.75, 3.05) is 38.6 Å². The maximum Gasteiger partial charge on any atom is 0.228 e. The van der Waals surface area contributed by atoms with Gasteiger partial charge in [0.15, 0.2) is 16.7 Å². The Balaban J connectivity index is 1.47. The van der Waals surface area contributed by atoms with Crippen molar-refractivity contribution in [1.29, 1.82) is 0 Å². The number of hydrogen-bond acceptors (Lipinski definition) is 6. The third-order valence-electron chi connectivity index (χ3n) is 4.99. The molecule has 1 aliphatic rings. The summed E-state index contributed by atoms with van der Waals surface area (Å²) in [6, 6.07) is 4.99. The number of amides is 2. The molecule has 7 nitrogen and oxygen atoms in total. The van der Waals surface area contributed by atoms with Crippen LogP contribution in [0.3, 0.4) is 0 Å². The Morgan fingerprint density at radius 3 is 2.63 bits per heavy atom. The normalized spacial score (nSPS) is 14.8. The minimum Gasteiger partial charge on any atom is -0.494 e. The molecule has 1 aromatic carbocycles. The molecule has 1 aromatic heterocycles. The predicted octanol–water partition coefficient (Wildman–Crippen LogP) is 2.77. The summed E-state index contributed by atoms with van der Waals surface area (Å²) in [5.74, 6) is -0.309. The highest BCUT2D eigenvalue weighted by Crippen LogP contribution is 2.20. The van der Waals surface area contributed by atoms with Crippen LogP contribution in [0.5, 0.6) is 5.75 Å². The number of ether oxygens (including phenoxy) is 1. The van der Waals surface area contributed by atoms with Crippen LogP contribution in [0.25, 0.3) is 0 Å². The number of halogens is 1. The van der Waals surface area contributed by atoms with Gasteiger partial charge in [-0.2, -0.15) is 0 Å². The van der Waals surface area contributed by atoms with Crippen LogP contribution < -0.4 is 10.1 Å². The standard InChI is InChI=1S/C21H27FN4O3S/c1-14(2)20(28)24-21-23-16(13-30-21)11-19(27)26-8-6-25(7-9-26)12-15-4-5-18(29-3)17(22)10-15/h4-5,10,13-14H,6-9,11-12H2,1-3H3,(H,23,24,28). The van der Waals surface area contributed by atoms with Crippen LogP contribution in [0, 0.1) is 11.7 Å². The molecule has 2 amide bonds. The Bertz CT molecular complexity index is 894. The van der Waals surface area contributed by atoms with E-state index in [1.165, 1.54) is 24.5 Å². The quantitative estimate of drug-likeness (QED) is 0.725. The molecule has 0 atom stereocenters. The second-order valence-corrected chi connectivity index (χ2v) is 8.45. The first-order valence-corrected chi connectivity index (χ1v) is 10.8. The molecule has 2 aromatic rings. The first kappa shape index (κ1) is 22.2. The monoisotopic (exact) mass is 434 g/mol. The van der Waals surface area contributed by atoms with E-state index in [-0.39, 0.29) is 35.7 Å². The zero-order chi connectivity index (χ0) is 21.7. The molecule has 1 N–H and O–H groups in total. The number of nitrogens with one attached hydrogen (secondary N) is 1. The highest BCUT2D eigenvalue weighted by molar-refractivity contribution is 7.13. The minimum atomic E-state index is -0.365. The number of methoxy groups -OCH3 is 1. The molecule has 0 bridgehead atoms. The molecule has 9 heteroatoms. The summed E-state index contributed by atoms with van der Waals surface area (Å²) in [6.45, 7) is 6.97. The van der Waals surface area contributed by atoms with E-state index in [1.807, 2.05) is 30.2 Å². The summed E-state index contributed by atoms with van der Waals surface area (Å²) in [5.41, 5.74) is 1.55. The number of carbonyl (C=O) groups excluding carboxylic acids is 2. The summed E-state index contributed by atoms with van der Waals surface area (Å²) in [4.78, 5) is 32.7. The number of aromatic nitrogens is 1. The zero-order valence-corrected chi connectivity index (χ0v) is 18.3. The van der Waals surface area contributed by atoms with Crippen LogP contribution in [-0.4, -0.2) is 59.9 Å².